The first-order valence-corrected chi connectivity index (χ1v) is 7.85. The van der Waals surface area contributed by atoms with E-state index in [1.54, 1.807) is 0 Å². The van der Waals surface area contributed by atoms with E-state index in [1.807, 2.05) is 18.2 Å². The topological polar surface area (TPSA) is 29.1 Å². The van der Waals surface area contributed by atoms with E-state index in [0.717, 1.165) is 18.0 Å². The van der Waals surface area contributed by atoms with Gasteiger partial charge in [0.15, 0.2) is 0 Å². The third-order valence-electron chi connectivity index (χ3n) is 2.83. The van der Waals surface area contributed by atoms with Gasteiger partial charge in [0.1, 0.15) is 0 Å². The Bertz CT molecular complexity index is 415. The van der Waals surface area contributed by atoms with Crippen molar-refractivity contribution in [2.45, 2.75) is 18.6 Å². The largest absolute Gasteiger partial charge is 0.355 e. The highest BCUT2D eigenvalue weighted by Crippen LogP contribution is 2.29. The molecule has 1 fully saturated rings. The number of thioether (sulfide) groups is 1. The summed E-state index contributed by atoms with van der Waals surface area (Å²) in [6, 6.07) is 5.45. The molecule has 1 saturated carbocycles. The molecule has 1 aliphatic rings. The Hall–Kier alpha value is -0.380. The third kappa shape index (κ3) is 4.38. The SMILES string of the molecule is O=C(CSCc1c(Cl)cccc1Cl)NCC1CC1. The van der Waals surface area contributed by atoms with Crippen LogP contribution >= 0.6 is 35.0 Å². The van der Waals surface area contributed by atoms with Crippen LogP contribution in [0.25, 0.3) is 0 Å². The minimum absolute atomic E-state index is 0.0927. The van der Waals surface area contributed by atoms with Gasteiger partial charge in [-0.05, 0) is 36.5 Å². The number of halogens is 2. The zero-order valence-corrected chi connectivity index (χ0v) is 12.2. The van der Waals surface area contributed by atoms with Gasteiger partial charge in [0.2, 0.25) is 5.91 Å². The first-order valence-electron chi connectivity index (χ1n) is 5.94. The lowest BCUT2D eigenvalue weighted by atomic mass is 10.2. The molecule has 0 aromatic heterocycles. The minimum atomic E-state index is 0.0927. The van der Waals surface area contributed by atoms with E-state index in [2.05, 4.69) is 5.32 Å². The molecule has 0 unspecified atom stereocenters. The summed E-state index contributed by atoms with van der Waals surface area (Å²) >= 11 is 13.6. The second-order valence-electron chi connectivity index (χ2n) is 4.44. The van der Waals surface area contributed by atoms with Crippen LogP contribution in [0.2, 0.25) is 10.0 Å². The van der Waals surface area contributed by atoms with Crippen LogP contribution in [-0.2, 0) is 10.5 Å². The van der Waals surface area contributed by atoms with Crippen molar-refractivity contribution in [2.24, 2.45) is 5.92 Å². The number of carbonyl (C=O) groups is 1. The standard InChI is InChI=1S/C13H15Cl2NOS/c14-11-2-1-3-12(15)10(11)7-18-8-13(17)16-6-9-4-5-9/h1-3,9H,4-8H2,(H,16,17). The lowest BCUT2D eigenvalue weighted by Gasteiger charge is -2.07. The monoisotopic (exact) mass is 303 g/mol. The summed E-state index contributed by atoms with van der Waals surface area (Å²) in [4.78, 5) is 11.5. The maximum absolute atomic E-state index is 11.5. The normalized spacial score (nSPS) is 14.6. The van der Waals surface area contributed by atoms with Gasteiger partial charge < -0.3 is 5.32 Å². The van der Waals surface area contributed by atoms with Crippen LogP contribution in [0.3, 0.4) is 0 Å². The molecule has 2 rings (SSSR count). The Morgan fingerprint density at radius 3 is 2.61 bits per heavy atom. The molecule has 98 valence electrons. The van der Waals surface area contributed by atoms with Gasteiger partial charge in [0.25, 0.3) is 0 Å². The molecule has 1 aliphatic carbocycles. The molecule has 1 amide bonds. The van der Waals surface area contributed by atoms with Crippen LogP contribution < -0.4 is 5.32 Å². The van der Waals surface area contributed by atoms with Gasteiger partial charge in [0, 0.05) is 22.3 Å². The molecule has 1 aromatic rings. The second-order valence-corrected chi connectivity index (χ2v) is 6.24. The molecule has 0 radical (unpaired) electrons. The average Bonchev–Trinajstić information content (AvgIpc) is 3.14. The Balaban J connectivity index is 1.72. The zero-order valence-electron chi connectivity index (χ0n) is 9.92. The average molecular weight is 304 g/mol. The number of amides is 1. The van der Waals surface area contributed by atoms with Crippen molar-refractivity contribution in [2.75, 3.05) is 12.3 Å². The maximum atomic E-state index is 11.5. The molecule has 2 nitrogen and oxygen atoms in total. The van der Waals surface area contributed by atoms with Gasteiger partial charge in [-0.3, -0.25) is 4.79 Å². The predicted octanol–water partition coefficient (Wildman–Crippen LogP) is 3.75. The Morgan fingerprint density at radius 2 is 2.00 bits per heavy atom. The first kappa shape index (κ1) is 14.0. The van der Waals surface area contributed by atoms with Crippen molar-refractivity contribution in [3.05, 3.63) is 33.8 Å². The molecular formula is C13H15Cl2NOS. The molecule has 18 heavy (non-hydrogen) atoms. The predicted molar refractivity (Wildman–Crippen MR) is 78.4 cm³/mol. The number of hydrogen-bond donors (Lipinski definition) is 1. The van der Waals surface area contributed by atoms with Crippen LogP contribution in [0.15, 0.2) is 18.2 Å². The summed E-state index contributed by atoms with van der Waals surface area (Å²) in [5.41, 5.74) is 0.904. The van der Waals surface area contributed by atoms with Gasteiger partial charge in [-0.2, -0.15) is 0 Å². The Labute approximate surface area is 121 Å². The number of hydrogen-bond acceptors (Lipinski definition) is 2. The lowest BCUT2D eigenvalue weighted by Crippen LogP contribution is -2.27. The summed E-state index contributed by atoms with van der Waals surface area (Å²) in [5, 5.41) is 4.26. The molecule has 0 saturated heterocycles. The molecular weight excluding hydrogens is 289 g/mol. The molecule has 0 atom stereocenters. The van der Waals surface area contributed by atoms with Gasteiger partial charge in [-0.1, -0.05) is 29.3 Å². The van der Waals surface area contributed by atoms with Crippen LogP contribution in [0.1, 0.15) is 18.4 Å². The summed E-state index contributed by atoms with van der Waals surface area (Å²) in [6.07, 6.45) is 2.51. The molecule has 0 aliphatic heterocycles. The van der Waals surface area contributed by atoms with Crippen molar-refractivity contribution in [1.82, 2.24) is 5.32 Å². The molecule has 0 bridgehead atoms. The third-order valence-corrected chi connectivity index (χ3v) is 4.49. The fraction of sp³-hybridized carbons (Fsp3) is 0.462. The highest BCUT2D eigenvalue weighted by Gasteiger charge is 2.21. The molecule has 1 aromatic carbocycles. The van der Waals surface area contributed by atoms with Crippen molar-refractivity contribution < 1.29 is 4.79 Å². The lowest BCUT2D eigenvalue weighted by molar-refractivity contribution is -0.118. The van der Waals surface area contributed by atoms with Crippen LogP contribution in [-0.4, -0.2) is 18.2 Å². The summed E-state index contributed by atoms with van der Waals surface area (Å²) in [7, 11) is 0. The molecule has 1 N–H and O–H groups in total. The zero-order chi connectivity index (χ0) is 13.0. The van der Waals surface area contributed by atoms with Gasteiger partial charge in [0.05, 0.1) is 5.75 Å². The van der Waals surface area contributed by atoms with E-state index in [0.29, 0.717) is 21.6 Å². The van der Waals surface area contributed by atoms with Crippen molar-refractivity contribution >= 4 is 40.9 Å². The number of carbonyl (C=O) groups excluding carboxylic acids is 1. The molecule has 0 heterocycles. The number of rotatable bonds is 6. The fourth-order valence-electron chi connectivity index (χ4n) is 1.55. The summed E-state index contributed by atoms with van der Waals surface area (Å²) in [6.45, 7) is 0.826. The summed E-state index contributed by atoms with van der Waals surface area (Å²) in [5.74, 6) is 1.93. The highest BCUT2D eigenvalue weighted by atomic mass is 35.5. The van der Waals surface area contributed by atoms with E-state index in [4.69, 9.17) is 23.2 Å². The smallest absolute Gasteiger partial charge is 0.230 e. The Kier molecular flexibility index (Phi) is 5.22. The minimum Gasteiger partial charge on any atom is -0.355 e. The van der Waals surface area contributed by atoms with Crippen LogP contribution in [0.4, 0.5) is 0 Å². The number of benzene rings is 1. The van der Waals surface area contributed by atoms with Crippen molar-refractivity contribution in [3.8, 4) is 0 Å². The first-order chi connectivity index (χ1) is 8.66. The van der Waals surface area contributed by atoms with E-state index in [9.17, 15) is 4.79 Å². The van der Waals surface area contributed by atoms with Crippen LogP contribution in [0.5, 0.6) is 0 Å². The van der Waals surface area contributed by atoms with Crippen molar-refractivity contribution in [3.63, 3.8) is 0 Å². The van der Waals surface area contributed by atoms with Crippen LogP contribution in [0, 0.1) is 5.92 Å². The molecule has 5 heteroatoms. The van der Waals surface area contributed by atoms with E-state index in [1.165, 1.54) is 24.6 Å². The molecule has 0 spiro atoms. The number of nitrogens with one attached hydrogen (secondary N) is 1. The second kappa shape index (κ2) is 6.69. The van der Waals surface area contributed by atoms with E-state index in [-0.39, 0.29) is 5.91 Å². The maximum Gasteiger partial charge on any atom is 0.230 e. The van der Waals surface area contributed by atoms with Gasteiger partial charge in [-0.15, -0.1) is 11.8 Å². The van der Waals surface area contributed by atoms with E-state index < -0.39 is 0 Å². The quantitative estimate of drug-likeness (QED) is 0.867. The Morgan fingerprint density at radius 1 is 1.33 bits per heavy atom. The van der Waals surface area contributed by atoms with Crippen molar-refractivity contribution in [1.29, 1.82) is 0 Å². The summed E-state index contributed by atoms with van der Waals surface area (Å²) < 4.78 is 0. The van der Waals surface area contributed by atoms with Gasteiger partial charge in [-0.25, -0.2) is 0 Å². The highest BCUT2D eigenvalue weighted by molar-refractivity contribution is 7.99. The van der Waals surface area contributed by atoms with Gasteiger partial charge >= 0.3 is 0 Å². The fourth-order valence-corrected chi connectivity index (χ4v) is 3.14. The van der Waals surface area contributed by atoms with E-state index >= 15 is 0 Å².